The summed E-state index contributed by atoms with van der Waals surface area (Å²) < 4.78 is 1.97. The molecular weight excluding hydrogens is 330 g/mol. The molecule has 0 unspecified atom stereocenters. The molecule has 2 aromatic carbocycles. The van der Waals surface area contributed by atoms with Crippen molar-refractivity contribution in [2.75, 3.05) is 0 Å². The largest absolute Gasteiger partial charge is 0.350 e. The standard InChI is InChI=1S/C20H17N3OS/c1-23-12-17(16-9-5-6-10-18(16)23)19(24)21-11-15-13-25-20(22-15)14-7-3-2-4-8-14/h2-10,12-13H,11H2,1H3,(H,21,24). The molecule has 0 aliphatic carbocycles. The van der Waals surface area contributed by atoms with E-state index in [2.05, 4.69) is 10.3 Å². The van der Waals surface area contributed by atoms with Crippen molar-refractivity contribution in [3.05, 3.63) is 77.4 Å². The summed E-state index contributed by atoms with van der Waals surface area (Å²) >= 11 is 1.59. The molecule has 0 saturated heterocycles. The monoisotopic (exact) mass is 347 g/mol. The van der Waals surface area contributed by atoms with Crippen LogP contribution in [0.3, 0.4) is 0 Å². The van der Waals surface area contributed by atoms with Gasteiger partial charge in [0, 0.05) is 35.1 Å². The highest BCUT2D eigenvalue weighted by Crippen LogP contribution is 2.23. The molecule has 0 radical (unpaired) electrons. The van der Waals surface area contributed by atoms with Crippen molar-refractivity contribution in [2.24, 2.45) is 7.05 Å². The van der Waals surface area contributed by atoms with Gasteiger partial charge in [-0.3, -0.25) is 4.79 Å². The van der Waals surface area contributed by atoms with Crippen molar-refractivity contribution in [1.29, 1.82) is 0 Å². The predicted molar refractivity (Wildman–Crippen MR) is 102 cm³/mol. The number of aryl methyl sites for hydroxylation is 1. The Kier molecular flexibility index (Phi) is 4.07. The molecule has 0 atom stereocenters. The fourth-order valence-corrected chi connectivity index (χ4v) is 3.72. The van der Waals surface area contributed by atoms with Gasteiger partial charge in [-0.25, -0.2) is 4.98 Å². The number of carbonyl (C=O) groups is 1. The molecular formula is C20H17N3OS. The molecule has 0 bridgehead atoms. The summed E-state index contributed by atoms with van der Waals surface area (Å²) in [7, 11) is 1.95. The van der Waals surface area contributed by atoms with E-state index in [-0.39, 0.29) is 5.91 Å². The van der Waals surface area contributed by atoms with Crippen molar-refractivity contribution < 1.29 is 4.79 Å². The van der Waals surface area contributed by atoms with E-state index in [1.807, 2.05) is 77.8 Å². The minimum absolute atomic E-state index is 0.0777. The Morgan fingerprint density at radius 2 is 1.88 bits per heavy atom. The van der Waals surface area contributed by atoms with Crippen LogP contribution in [0.4, 0.5) is 0 Å². The van der Waals surface area contributed by atoms with Gasteiger partial charge < -0.3 is 9.88 Å². The number of benzene rings is 2. The molecule has 0 aliphatic heterocycles. The Morgan fingerprint density at radius 1 is 1.12 bits per heavy atom. The Balaban J connectivity index is 1.50. The zero-order valence-electron chi connectivity index (χ0n) is 13.8. The molecule has 0 saturated carbocycles. The topological polar surface area (TPSA) is 46.9 Å². The quantitative estimate of drug-likeness (QED) is 0.600. The first-order chi connectivity index (χ1) is 12.2. The number of thiazole rings is 1. The van der Waals surface area contributed by atoms with Crippen LogP contribution in [-0.4, -0.2) is 15.5 Å². The first-order valence-corrected chi connectivity index (χ1v) is 8.92. The SMILES string of the molecule is Cn1cc(C(=O)NCc2csc(-c3ccccc3)n2)c2ccccc21. The van der Waals surface area contributed by atoms with Crippen molar-refractivity contribution in [2.45, 2.75) is 6.54 Å². The first-order valence-electron chi connectivity index (χ1n) is 8.04. The number of fused-ring (bicyclic) bond motifs is 1. The minimum Gasteiger partial charge on any atom is -0.350 e. The van der Waals surface area contributed by atoms with Crippen molar-refractivity contribution in [1.82, 2.24) is 14.9 Å². The third kappa shape index (κ3) is 3.06. The van der Waals surface area contributed by atoms with E-state index in [4.69, 9.17) is 0 Å². The van der Waals surface area contributed by atoms with Crippen LogP contribution < -0.4 is 5.32 Å². The molecule has 5 heteroatoms. The minimum atomic E-state index is -0.0777. The fourth-order valence-electron chi connectivity index (χ4n) is 2.89. The average Bonchev–Trinajstić information content (AvgIpc) is 3.26. The molecule has 0 aliphatic rings. The van der Waals surface area contributed by atoms with Gasteiger partial charge in [-0.1, -0.05) is 48.5 Å². The van der Waals surface area contributed by atoms with Gasteiger partial charge in [0.25, 0.3) is 5.91 Å². The van der Waals surface area contributed by atoms with E-state index in [1.165, 1.54) is 0 Å². The van der Waals surface area contributed by atoms with Gasteiger partial charge in [0.15, 0.2) is 0 Å². The lowest BCUT2D eigenvalue weighted by atomic mass is 10.1. The number of nitrogens with one attached hydrogen (secondary N) is 1. The maximum absolute atomic E-state index is 12.6. The highest BCUT2D eigenvalue weighted by atomic mass is 32.1. The van der Waals surface area contributed by atoms with Gasteiger partial charge in [-0.2, -0.15) is 0 Å². The Hall–Kier alpha value is -2.92. The van der Waals surface area contributed by atoms with E-state index >= 15 is 0 Å². The Bertz CT molecular complexity index is 1030. The maximum Gasteiger partial charge on any atom is 0.253 e. The second-order valence-electron chi connectivity index (χ2n) is 5.86. The lowest BCUT2D eigenvalue weighted by Crippen LogP contribution is -2.22. The van der Waals surface area contributed by atoms with Crippen LogP contribution in [0.1, 0.15) is 16.1 Å². The van der Waals surface area contributed by atoms with Gasteiger partial charge in [0.1, 0.15) is 5.01 Å². The van der Waals surface area contributed by atoms with Crippen LogP contribution in [-0.2, 0) is 13.6 Å². The molecule has 4 nitrogen and oxygen atoms in total. The molecule has 25 heavy (non-hydrogen) atoms. The number of hydrogen-bond acceptors (Lipinski definition) is 3. The summed E-state index contributed by atoms with van der Waals surface area (Å²) in [5.41, 5.74) is 3.71. The predicted octanol–water partition coefficient (Wildman–Crippen LogP) is 4.23. The number of amides is 1. The van der Waals surface area contributed by atoms with Gasteiger partial charge in [0.05, 0.1) is 17.8 Å². The van der Waals surface area contributed by atoms with E-state index < -0.39 is 0 Å². The van der Waals surface area contributed by atoms with Crippen LogP contribution >= 0.6 is 11.3 Å². The lowest BCUT2D eigenvalue weighted by Gasteiger charge is -2.02. The summed E-state index contributed by atoms with van der Waals surface area (Å²) in [5.74, 6) is -0.0777. The number of carbonyl (C=O) groups excluding carboxylic acids is 1. The number of aromatic nitrogens is 2. The van der Waals surface area contributed by atoms with Gasteiger partial charge >= 0.3 is 0 Å². The van der Waals surface area contributed by atoms with Crippen LogP contribution in [0.2, 0.25) is 0 Å². The van der Waals surface area contributed by atoms with Crippen LogP contribution in [0.5, 0.6) is 0 Å². The molecule has 1 amide bonds. The highest BCUT2D eigenvalue weighted by Gasteiger charge is 2.14. The van der Waals surface area contributed by atoms with E-state index in [1.54, 1.807) is 11.3 Å². The summed E-state index contributed by atoms with van der Waals surface area (Å²) in [5, 5.41) is 6.90. The molecule has 2 aromatic heterocycles. The van der Waals surface area contributed by atoms with Crippen molar-refractivity contribution in [3.63, 3.8) is 0 Å². The van der Waals surface area contributed by atoms with E-state index in [9.17, 15) is 4.79 Å². The Morgan fingerprint density at radius 3 is 2.72 bits per heavy atom. The molecule has 4 rings (SSSR count). The zero-order valence-corrected chi connectivity index (χ0v) is 14.6. The second kappa shape index (κ2) is 6.53. The van der Waals surface area contributed by atoms with Crippen molar-refractivity contribution in [3.8, 4) is 10.6 Å². The van der Waals surface area contributed by atoms with Crippen LogP contribution in [0, 0.1) is 0 Å². The molecule has 124 valence electrons. The van der Waals surface area contributed by atoms with Gasteiger partial charge in [-0.05, 0) is 6.07 Å². The molecule has 2 heterocycles. The zero-order chi connectivity index (χ0) is 17.2. The third-order valence-corrected chi connectivity index (χ3v) is 5.08. The van der Waals surface area contributed by atoms with E-state index in [0.717, 1.165) is 27.2 Å². The average molecular weight is 347 g/mol. The molecule has 1 N–H and O–H groups in total. The highest BCUT2D eigenvalue weighted by molar-refractivity contribution is 7.13. The molecule has 0 spiro atoms. The lowest BCUT2D eigenvalue weighted by molar-refractivity contribution is 0.0952. The Labute approximate surface area is 149 Å². The smallest absolute Gasteiger partial charge is 0.253 e. The normalized spacial score (nSPS) is 10.9. The number of para-hydroxylation sites is 1. The molecule has 4 aromatic rings. The van der Waals surface area contributed by atoms with Crippen LogP contribution in [0.25, 0.3) is 21.5 Å². The van der Waals surface area contributed by atoms with Gasteiger partial charge in [0.2, 0.25) is 0 Å². The van der Waals surface area contributed by atoms with Gasteiger partial charge in [-0.15, -0.1) is 11.3 Å². The number of rotatable bonds is 4. The van der Waals surface area contributed by atoms with Crippen LogP contribution in [0.15, 0.2) is 66.2 Å². The summed E-state index contributed by atoms with van der Waals surface area (Å²) in [6.07, 6.45) is 1.87. The number of nitrogens with zero attached hydrogens (tertiary/aromatic N) is 2. The molecule has 0 fully saturated rings. The maximum atomic E-state index is 12.6. The summed E-state index contributed by atoms with van der Waals surface area (Å²) in [6, 6.07) is 18.0. The summed E-state index contributed by atoms with van der Waals surface area (Å²) in [6.45, 7) is 0.422. The number of hydrogen-bond donors (Lipinski definition) is 1. The first kappa shape index (κ1) is 15.6. The summed E-state index contributed by atoms with van der Waals surface area (Å²) in [4.78, 5) is 17.2. The fraction of sp³-hybridized carbons (Fsp3) is 0.100. The third-order valence-electron chi connectivity index (χ3n) is 4.14. The van der Waals surface area contributed by atoms with Crippen molar-refractivity contribution >= 4 is 28.1 Å². The second-order valence-corrected chi connectivity index (χ2v) is 6.72. The van der Waals surface area contributed by atoms with E-state index in [0.29, 0.717) is 12.1 Å².